The Morgan fingerprint density at radius 3 is 2.55 bits per heavy atom. The topological polar surface area (TPSA) is 17.8 Å². The molecule has 1 aromatic heterocycles. The zero-order chi connectivity index (χ0) is 15.1. The standard InChI is InChI=1S/C19H18N2S/c1-13-6-8-15(9-7-13)18-17(16-5-3-4-14(2)12-16)20-19-21(18)10-11-22-19/h3-9,12H,10-11H2,1-2H3. The Morgan fingerprint density at radius 2 is 1.77 bits per heavy atom. The minimum atomic E-state index is 1.04. The lowest BCUT2D eigenvalue weighted by atomic mass is 10.0. The Labute approximate surface area is 135 Å². The van der Waals surface area contributed by atoms with Gasteiger partial charge in [0.05, 0.1) is 11.4 Å². The summed E-state index contributed by atoms with van der Waals surface area (Å²) in [6.07, 6.45) is 0. The maximum atomic E-state index is 4.93. The highest BCUT2D eigenvalue weighted by Gasteiger charge is 2.23. The number of nitrogens with zero attached hydrogens (tertiary/aromatic N) is 2. The number of aromatic nitrogens is 2. The van der Waals surface area contributed by atoms with E-state index in [2.05, 4.69) is 66.9 Å². The van der Waals surface area contributed by atoms with Gasteiger partial charge in [0.25, 0.3) is 0 Å². The summed E-state index contributed by atoms with van der Waals surface area (Å²) in [6, 6.07) is 17.4. The zero-order valence-corrected chi connectivity index (χ0v) is 13.7. The van der Waals surface area contributed by atoms with Crippen LogP contribution in [-0.2, 0) is 6.54 Å². The number of hydrogen-bond acceptors (Lipinski definition) is 2. The van der Waals surface area contributed by atoms with Crippen molar-refractivity contribution in [3.8, 4) is 22.5 Å². The largest absolute Gasteiger partial charge is 0.318 e. The Balaban J connectivity index is 1.94. The fourth-order valence-corrected chi connectivity index (χ4v) is 3.93. The molecule has 0 saturated carbocycles. The van der Waals surface area contributed by atoms with Crippen LogP contribution in [-0.4, -0.2) is 15.3 Å². The van der Waals surface area contributed by atoms with Crippen LogP contribution in [0.4, 0.5) is 0 Å². The summed E-state index contributed by atoms with van der Waals surface area (Å²) >= 11 is 1.85. The molecule has 0 fully saturated rings. The first-order chi connectivity index (χ1) is 10.7. The first kappa shape index (κ1) is 13.6. The third kappa shape index (κ3) is 2.26. The Hall–Kier alpha value is -2.00. The molecule has 0 bridgehead atoms. The molecule has 0 radical (unpaired) electrons. The van der Waals surface area contributed by atoms with Crippen LogP contribution in [0.2, 0.25) is 0 Å². The molecule has 3 aromatic rings. The smallest absolute Gasteiger partial charge is 0.169 e. The second-order valence-electron chi connectivity index (χ2n) is 5.83. The van der Waals surface area contributed by atoms with E-state index in [-0.39, 0.29) is 0 Å². The van der Waals surface area contributed by atoms with Gasteiger partial charge in [-0.15, -0.1) is 0 Å². The minimum Gasteiger partial charge on any atom is -0.318 e. The number of thioether (sulfide) groups is 1. The number of hydrogen-bond donors (Lipinski definition) is 0. The molecule has 0 saturated heterocycles. The molecule has 0 aliphatic carbocycles. The van der Waals surface area contributed by atoms with Gasteiger partial charge in [-0.25, -0.2) is 4.98 Å². The van der Waals surface area contributed by atoms with Crippen molar-refractivity contribution in [2.45, 2.75) is 25.5 Å². The van der Waals surface area contributed by atoms with Crippen molar-refractivity contribution in [1.29, 1.82) is 0 Å². The second-order valence-corrected chi connectivity index (χ2v) is 6.89. The van der Waals surface area contributed by atoms with Gasteiger partial charge in [-0.1, -0.05) is 65.4 Å². The van der Waals surface area contributed by atoms with Crippen molar-refractivity contribution in [1.82, 2.24) is 9.55 Å². The highest BCUT2D eigenvalue weighted by Crippen LogP contribution is 2.39. The Bertz CT molecular complexity index is 831. The van der Waals surface area contributed by atoms with E-state index in [9.17, 15) is 0 Å². The predicted octanol–water partition coefficient (Wildman–Crippen LogP) is 4.94. The molecule has 1 aliphatic heterocycles. The van der Waals surface area contributed by atoms with Crippen molar-refractivity contribution >= 4 is 11.8 Å². The number of rotatable bonds is 2. The van der Waals surface area contributed by atoms with Crippen molar-refractivity contribution in [2.75, 3.05) is 5.75 Å². The van der Waals surface area contributed by atoms with Crippen LogP contribution >= 0.6 is 11.8 Å². The van der Waals surface area contributed by atoms with Gasteiger partial charge in [-0.05, 0) is 19.9 Å². The van der Waals surface area contributed by atoms with Crippen LogP contribution in [0.3, 0.4) is 0 Å². The molecular weight excluding hydrogens is 288 g/mol. The molecule has 2 heterocycles. The lowest BCUT2D eigenvalue weighted by Crippen LogP contribution is -1.97. The van der Waals surface area contributed by atoms with Crippen molar-refractivity contribution in [3.63, 3.8) is 0 Å². The molecule has 2 aromatic carbocycles. The van der Waals surface area contributed by atoms with Crippen molar-refractivity contribution in [2.24, 2.45) is 0 Å². The van der Waals surface area contributed by atoms with Crippen LogP contribution in [0, 0.1) is 13.8 Å². The molecule has 0 atom stereocenters. The summed E-state index contributed by atoms with van der Waals surface area (Å²) in [4.78, 5) is 4.93. The summed E-state index contributed by atoms with van der Waals surface area (Å²) in [6.45, 7) is 5.30. The van der Waals surface area contributed by atoms with E-state index in [1.165, 1.54) is 27.9 Å². The molecule has 0 spiro atoms. The van der Waals surface area contributed by atoms with Crippen LogP contribution in [0.25, 0.3) is 22.5 Å². The molecule has 0 N–H and O–H groups in total. The third-order valence-corrected chi connectivity index (χ3v) is 5.05. The molecule has 3 heteroatoms. The van der Waals surface area contributed by atoms with Gasteiger partial charge in [-0.3, -0.25) is 0 Å². The number of aryl methyl sites for hydroxylation is 2. The normalized spacial score (nSPS) is 13.4. The monoisotopic (exact) mass is 306 g/mol. The SMILES string of the molecule is Cc1ccc(-c2c(-c3cccc(C)c3)nc3n2CCS3)cc1. The summed E-state index contributed by atoms with van der Waals surface area (Å²) in [5.74, 6) is 1.12. The molecule has 1 aliphatic rings. The summed E-state index contributed by atoms with van der Waals surface area (Å²) < 4.78 is 2.37. The zero-order valence-electron chi connectivity index (χ0n) is 12.8. The number of imidazole rings is 1. The van der Waals surface area contributed by atoms with Gasteiger partial charge in [0, 0.05) is 23.4 Å². The summed E-state index contributed by atoms with van der Waals surface area (Å²) in [7, 11) is 0. The van der Waals surface area contributed by atoms with Gasteiger partial charge in [0.2, 0.25) is 0 Å². The van der Waals surface area contributed by atoms with E-state index in [1.807, 2.05) is 11.8 Å². The van der Waals surface area contributed by atoms with Gasteiger partial charge < -0.3 is 4.57 Å². The first-order valence-electron chi connectivity index (χ1n) is 7.60. The molecule has 110 valence electrons. The van der Waals surface area contributed by atoms with Gasteiger partial charge in [0.15, 0.2) is 5.16 Å². The maximum absolute atomic E-state index is 4.93. The fraction of sp³-hybridized carbons (Fsp3) is 0.211. The number of fused-ring (bicyclic) bond motifs is 1. The molecule has 2 nitrogen and oxygen atoms in total. The molecule has 22 heavy (non-hydrogen) atoms. The highest BCUT2D eigenvalue weighted by molar-refractivity contribution is 7.99. The van der Waals surface area contributed by atoms with E-state index in [0.29, 0.717) is 0 Å². The van der Waals surface area contributed by atoms with Gasteiger partial charge in [0.1, 0.15) is 0 Å². The summed E-state index contributed by atoms with van der Waals surface area (Å²) in [5.41, 5.74) is 7.38. The van der Waals surface area contributed by atoms with E-state index < -0.39 is 0 Å². The van der Waals surface area contributed by atoms with Crippen LogP contribution in [0.1, 0.15) is 11.1 Å². The highest BCUT2D eigenvalue weighted by atomic mass is 32.2. The quantitative estimate of drug-likeness (QED) is 0.667. The third-order valence-electron chi connectivity index (χ3n) is 4.10. The molecule has 4 rings (SSSR count). The lowest BCUT2D eigenvalue weighted by molar-refractivity contribution is 0.726. The van der Waals surface area contributed by atoms with E-state index >= 15 is 0 Å². The average molecular weight is 306 g/mol. The Morgan fingerprint density at radius 1 is 0.955 bits per heavy atom. The summed E-state index contributed by atoms with van der Waals surface area (Å²) in [5, 5.41) is 1.15. The van der Waals surface area contributed by atoms with E-state index in [1.54, 1.807) is 0 Å². The maximum Gasteiger partial charge on any atom is 0.169 e. The fourth-order valence-electron chi connectivity index (χ4n) is 2.98. The van der Waals surface area contributed by atoms with E-state index in [0.717, 1.165) is 23.1 Å². The van der Waals surface area contributed by atoms with E-state index in [4.69, 9.17) is 4.98 Å². The second kappa shape index (κ2) is 5.33. The van der Waals surface area contributed by atoms with Gasteiger partial charge >= 0.3 is 0 Å². The van der Waals surface area contributed by atoms with Gasteiger partial charge in [-0.2, -0.15) is 0 Å². The Kier molecular flexibility index (Phi) is 3.30. The first-order valence-corrected chi connectivity index (χ1v) is 8.58. The molecule has 0 amide bonds. The molecular formula is C19H18N2S. The van der Waals surface area contributed by atoms with Crippen LogP contribution < -0.4 is 0 Å². The lowest BCUT2D eigenvalue weighted by Gasteiger charge is -2.09. The van der Waals surface area contributed by atoms with Crippen LogP contribution in [0.15, 0.2) is 53.7 Å². The van der Waals surface area contributed by atoms with Crippen molar-refractivity contribution < 1.29 is 0 Å². The molecule has 0 unspecified atom stereocenters. The minimum absolute atomic E-state index is 1.04. The predicted molar refractivity (Wildman–Crippen MR) is 93.3 cm³/mol. The average Bonchev–Trinajstić information content (AvgIpc) is 3.09. The number of benzene rings is 2. The van der Waals surface area contributed by atoms with Crippen molar-refractivity contribution in [3.05, 3.63) is 59.7 Å². The van der Waals surface area contributed by atoms with Crippen LogP contribution in [0.5, 0.6) is 0 Å².